The van der Waals surface area contributed by atoms with Gasteiger partial charge in [0, 0.05) is 18.9 Å². The number of benzene rings is 1. The summed E-state index contributed by atoms with van der Waals surface area (Å²) in [6.45, 7) is 2.38. The van der Waals surface area contributed by atoms with E-state index in [9.17, 15) is 4.79 Å². The van der Waals surface area contributed by atoms with Gasteiger partial charge in [0.2, 0.25) is 0 Å². The number of carbonyl (C=O) groups is 1. The number of ether oxygens (including phenoxy) is 1. The molecule has 0 radical (unpaired) electrons. The number of anilines is 1. The molecule has 0 aliphatic rings. The first-order valence-corrected chi connectivity index (χ1v) is 6.27. The van der Waals surface area contributed by atoms with Gasteiger partial charge in [-0.1, -0.05) is 12.1 Å². The van der Waals surface area contributed by atoms with Gasteiger partial charge in [0.1, 0.15) is 5.75 Å². The van der Waals surface area contributed by atoms with Crippen molar-refractivity contribution in [2.75, 3.05) is 12.4 Å². The Morgan fingerprint density at radius 2 is 2.20 bits per heavy atom. The number of pyridine rings is 1. The summed E-state index contributed by atoms with van der Waals surface area (Å²) in [6, 6.07) is 9.07. The first kappa shape index (κ1) is 13.9. The summed E-state index contributed by atoms with van der Waals surface area (Å²) < 4.78 is 5.21. The molecule has 2 aromatic rings. The van der Waals surface area contributed by atoms with E-state index >= 15 is 0 Å². The van der Waals surface area contributed by atoms with Gasteiger partial charge in [-0.3, -0.25) is 4.98 Å². The molecular formula is C15H17N3O2. The second kappa shape index (κ2) is 6.56. The number of aromatic nitrogens is 1. The minimum Gasteiger partial charge on any atom is -0.495 e. The maximum atomic E-state index is 11.9. The van der Waals surface area contributed by atoms with Crippen molar-refractivity contribution in [3.63, 3.8) is 0 Å². The lowest BCUT2D eigenvalue weighted by Crippen LogP contribution is -2.28. The molecule has 0 saturated carbocycles. The SMILES string of the molecule is COc1ccc(C)cc1NC(=O)NCc1cccnc1. The maximum Gasteiger partial charge on any atom is 0.319 e. The first-order chi connectivity index (χ1) is 9.69. The van der Waals surface area contributed by atoms with Crippen LogP contribution in [0.3, 0.4) is 0 Å². The fourth-order valence-corrected chi connectivity index (χ4v) is 1.77. The number of hydrogen-bond donors (Lipinski definition) is 2. The van der Waals surface area contributed by atoms with Crippen molar-refractivity contribution in [2.45, 2.75) is 13.5 Å². The summed E-state index contributed by atoms with van der Waals surface area (Å²) >= 11 is 0. The van der Waals surface area contributed by atoms with Crippen LogP contribution in [0.1, 0.15) is 11.1 Å². The molecule has 20 heavy (non-hydrogen) atoms. The van der Waals surface area contributed by atoms with Crippen LogP contribution in [-0.4, -0.2) is 18.1 Å². The molecule has 5 nitrogen and oxygen atoms in total. The van der Waals surface area contributed by atoms with Crippen molar-refractivity contribution in [3.05, 3.63) is 53.9 Å². The summed E-state index contributed by atoms with van der Waals surface area (Å²) in [5.41, 5.74) is 2.64. The number of nitrogens with zero attached hydrogens (tertiary/aromatic N) is 1. The van der Waals surface area contributed by atoms with Gasteiger partial charge in [0.05, 0.1) is 12.8 Å². The van der Waals surface area contributed by atoms with Crippen LogP contribution in [0.25, 0.3) is 0 Å². The van der Waals surface area contributed by atoms with E-state index in [1.54, 1.807) is 19.5 Å². The van der Waals surface area contributed by atoms with Crippen molar-refractivity contribution in [3.8, 4) is 5.75 Å². The maximum absolute atomic E-state index is 11.9. The van der Waals surface area contributed by atoms with Crippen molar-refractivity contribution < 1.29 is 9.53 Å². The molecule has 2 rings (SSSR count). The minimum absolute atomic E-state index is 0.280. The molecule has 104 valence electrons. The van der Waals surface area contributed by atoms with Crippen molar-refractivity contribution >= 4 is 11.7 Å². The summed E-state index contributed by atoms with van der Waals surface area (Å²) in [5.74, 6) is 0.632. The third kappa shape index (κ3) is 3.71. The zero-order valence-corrected chi connectivity index (χ0v) is 11.5. The Hall–Kier alpha value is -2.56. The molecule has 0 atom stereocenters. The molecule has 0 bridgehead atoms. The molecule has 2 N–H and O–H groups in total. The molecule has 0 aliphatic carbocycles. The number of nitrogens with one attached hydrogen (secondary N) is 2. The Labute approximate surface area is 118 Å². The summed E-state index contributed by atoms with van der Waals surface area (Å²) in [5, 5.41) is 5.55. The predicted molar refractivity (Wildman–Crippen MR) is 77.8 cm³/mol. The van der Waals surface area contributed by atoms with E-state index in [1.807, 2.05) is 37.3 Å². The Morgan fingerprint density at radius 3 is 2.90 bits per heavy atom. The molecule has 2 amide bonds. The zero-order chi connectivity index (χ0) is 14.4. The van der Waals surface area contributed by atoms with E-state index in [0.717, 1.165) is 11.1 Å². The molecule has 5 heteroatoms. The van der Waals surface area contributed by atoms with E-state index in [0.29, 0.717) is 18.0 Å². The lowest BCUT2D eigenvalue weighted by molar-refractivity contribution is 0.251. The Bertz CT molecular complexity index is 585. The van der Waals surface area contributed by atoms with E-state index in [2.05, 4.69) is 15.6 Å². The van der Waals surface area contributed by atoms with Gasteiger partial charge in [0.15, 0.2) is 0 Å². The van der Waals surface area contributed by atoms with Crippen LogP contribution in [0.15, 0.2) is 42.7 Å². The Morgan fingerprint density at radius 1 is 1.35 bits per heavy atom. The lowest BCUT2D eigenvalue weighted by atomic mass is 10.2. The fourth-order valence-electron chi connectivity index (χ4n) is 1.77. The van der Waals surface area contributed by atoms with Gasteiger partial charge < -0.3 is 15.4 Å². The van der Waals surface area contributed by atoms with Crippen LogP contribution in [0, 0.1) is 6.92 Å². The van der Waals surface area contributed by atoms with Crippen LogP contribution in [0.2, 0.25) is 0 Å². The molecule has 0 fully saturated rings. The molecule has 1 heterocycles. The van der Waals surface area contributed by atoms with Gasteiger partial charge in [-0.15, -0.1) is 0 Å². The highest BCUT2D eigenvalue weighted by Crippen LogP contribution is 2.24. The van der Waals surface area contributed by atoms with Gasteiger partial charge in [0.25, 0.3) is 0 Å². The number of aryl methyl sites for hydroxylation is 1. The molecule has 0 unspecified atom stereocenters. The standard InChI is InChI=1S/C15H17N3O2/c1-11-5-6-14(20-2)13(8-11)18-15(19)17-10-12-4-3-7-16-9-12/h3-9H,10H2,1-2H3,(H2,17,18,19). The topological polar surface area (TPSA) is 63.2 Å². The largest absolute Gasteiger partial charge is 0.495 e. The highest BCUT2D eigenvalue weighted by Gasteiger charge is 2.07. The molecule has 0 saturated heterocycles. The highest BCUT2D eigenvalue weighted by molar-refractivity contribution is 5.91. The van der Waals surface area contributed by atoms with E-state index in [4.69, 9.17) is 4.74 Å². The third-order valence-electron chi connectivity index (χ3n) is 2.78. The highest BCUT2D eigenvalue weighted by atomic mass is 16.5. The van der Waals surface area contributed by atoms with Crippen LogP contribution in [-0.2, 0) is 6.54 Å². The van der Waals surface area contributed by atoms with Crippen LogP contribution in [0.5, 0.6) is 5.75 Å². The number of amides is 2. The summed E-state index contributed by atoms with van der Waals surface area (Å²) in [4.78, 5) is 15.9. The third-order valence-corrected chi connectivity index (χ3v) is 2.78. The summed E-state index contributed by atoms with van der Waals surface area (Å²) in [6.07, 6.45) is 3.41. The molecule has 1 aromatic carbocycles. The fraction of sp³-hybridized carbons (Fsp3) is 0.200. The summed E-state index contributed by atoms with van der Waals surface area (Å²) in [7, 11) is 1.57. The molecule has 1 aromatic heterocycles. The second-order valence-electron chi connectivity index (χ2n) is 4.37. The number of rotatable bonds is 4. The predicted octanol–water partition coefficient (Wildman–Crippen LogP) is 2.72. The normalized spacial score (nSPS) is 9.90. The first-order valence-electron chi connectivity index (χ1n) is 6.27. The zero-order valence-electron chi connectivity index (χ0n) is 11.5. The molecule has 0 spiro atoms. The van der Waals surface area contributed by atoms with Crippen molar-refractivity contribution in [1.29, 1.82) is 0 Å². The van der Waals surface area contributed by atoms with E-state index in [1.165, 1.54) is 0 Å². The van der Waals surface area contributed by atoms with Crippen molar-refractivity contribution in [1.82, 2.24) is 10.3 Å². The van der Waals surface area contributed by atoms with E-state index < -0.39 is 0 Å². The van der Waals surface area contributed by atoms with Crippen LogP contribution >= 0.6 is 0 Å². The van der Waals surface area contributed by atoms with E-state index in [-0.39, 0.29) is 6.03 Å². The second-order valence-corrected chi connectivity index (χ2v) is 4.37. The van der Waals surface area contributed by atoms with Gasteiger partial charge in [-0.25, -0.2) is 4.79 Å². The van der Waals surface area contributed by atoms with Gasteiger partial charge in [-0.2, -0.15) is 0 Å². The smallest absolute Gasteiger partial charge is 0.319 e. The van der Waals surface area contributed by atoms with Crippen LogP contribution in [0.4, 0.5) is 10.5 Å². The lowest BCUT2D eigenvalue weighted by Gasteiger charge is -2.11. The quantitative estimate of drug-likeness (QED) is 0.898. The monoisotopic (exact) mass is 271 g/mol. The van der Waals surface area contributed by atoms with Gasteiger partial charge >= 0.3 is 6.03 Å². The van der Waals surface area contributed by atoms with Gasteiger partial charge in [-0.05, 0) is 36.2 Å². The number of carbonyl (C=O) groups excluding carboxylic acids is 1. The molecule has 0 aliphatic heterocycles. The average Bonchev–Trinajstić information content (AvgIpc) is 2.46. The number of hydrogen-bond acceptors (Lipinski definition) is 3. The number of methoxy groups -OCH3 is 1. The molecular weight excluding hydrogens is 254 g/mol. The Kier molecular flexibility index (Phi) is 4.55. The van der Waals surface area contributed by atoms with Crippen molar-refractivity contribution in [2.24, 2.45) is 0 Å². The Balaban J connectivity index is 1.96. The van der Waals surface area contributed by atoms with Crippen LogP contribution < -0.4 is 15.4 Å². The number of urea groups is 1. The average molecular weight is 271 g/mol. The minimum atomic E-state index is -0.280.